The van der Waals surface area contributed by atoms with E-state index in [4.69, 9.17) is 4.42 Å². The highest BCUT2D eigenvalue weighted by Crippen LogP contribution is 2.33. The van der Waals surface area contributed by atoms with Gasteiger partial charge in [0.15, 0.2) is 5.58 Å². The number of urea groups is 1. The van der Waals surface area contributed by atoms with Crippen LogP contribution in [0, 0.1) is 5.92 Å². The molecule has 6 nitrogen and oxygen atoms in total. The maximum Gasteiger partial charge on any atom is 0.419 e. The van der Waals surface area contributed by atoms with Crippen LogP contribution in [0.1, 0.15) is 45.1 Å². The topological polar surface area (TPSA) is 67.5 Å². The minimum absolute atomic E-state index is 0.0316. The molecule has 2 amide bonds. The van der Waals surface area contributed by atoms with Crippen molar-refractivity contribution in [2.75, 3.05) is 13.1 Å². The Kier molecular flexibility index (Phi) is 4.88. The van der Waals surface area contributed by atoms with Crippen LogP contribution in [0.5, 0.6) is 0 Å². The second kappa shape index (κ2) is 6.94. The molecule has 3 rings (SSSR count). The van der Waals surface area contributed by atoms with Gasteiger partial charge in [0.1, 0.15) is 0 Å². The van der Waals surface area contributed by atoms with Crippen molar-refractivity contribution in [3.8, 4) is 0 Å². The Labute approximate surface area is 147 Å². The van der Waals surface area contributed by atoms with Crippen LogP contribution in [0.3, 0.4) is 0 Å². The van der Waals surface area contributed by atoms with Crippen LogP contribution in [0.2, 0.25) is 0 Å². The van der Waals surface area contributed by atoms with Crippen LogP contribution in [0.4, 0.5) is 4.79 Å². The number of aromatic nitrogens is 1. The standard InChI is InChI=1S/C19H27N3O3/c1-12(2)11-20-18(23)22-8-7-15(9-13(22)3)14-5-6-16-17(10-14)25-19(24)21(16)4/h5-6,10,12-13,15H,7-9,11H2,1-4H3,(H,20,23)/t13-,15?/m1/s1. The number of carbonyl (C=O) groups is 1. The second-order valence-electron chi connectivity index (χ2n) is 7.50. The molecular weight excluding hydrogens is 318 g/mol. The molecule has 0 bridgehead atoms. The van der Waals surface area contributed by atoms with Gasteiger partial charge in [-0.25, -0.2) is 9.59 Å². The van der Waals surface area contributed by atoms with Gasteiger partial charge >= 0.3 is 11.8 Å². The largest absolute Gasteiger partial charge is 0.419 e. The molecule has 0 saturated carbocycles. The first-order chi connectivity index (χ1) is 11.9. The van der Waals surface area contributed by atoms with Crippen molar-refractivity contribution in [1.82, 2.24) is 14.8 Å². The monoisotopic (exact) mass is 345 g/mol. The molecule has 1 aromatic carbocycles. The summed E-state index contributed by atoms with van der Waals surface area (Å²) in [5.41, 5.74) is 2.62. The zero-order valence-corrected chi connectivity index (χ0v) is 15.4. The van der Waals surface area contributed by atoms with E-state index in [0.717, 1.165) is 24.9 Å². The number of nitrogens with one attached hydrogen (secondary N) is 1. The maximum absolute atomic E-state index is 12.3. The number of aryl methyl sites for hydroxylation is 1. The van der Waals surface area contributed by atoms with Gasteiger partial charge in [-0.2, -0.15) is 0 Å². The van der Waals surface area contributed by atoms with E-state index in [1.54, 1.807) is 7.05 Å². The summed E-state index contributed by atoms with van der Waals surface area (Å²) in [5, 5.41) is 3.00. The van der Waals surface area contributed by atoms with Crippen molar-refractivity contribution >= 4 is 17.1 Å². The van der Waals surface area contributed by atoms with Crippen molar-refractivity contribution in [2.45, 2.75) is 45.6 Å². The lowest BCUT2D eigenvalue weighted by molar-refractivity contribution is 0.149. The number of likely N-dealkylation sites (tertiary alicyclic amines) is 1. The van der Waals surface area contributed by atoms with Gasteiger partial charge in [0.25, 0.3) is 0 Å². The van der Waals surface area contributed by atoms with Crippen LogP contribution in [0.25, 0.3) is 11.1 Å². The van der Waals surface area contributed by atoms with Gasteiger partial charge in [0, 0.05) is 26.2 Å². The molecule has 0 aliphatic carbocycles. The van der Waals surface area contributed by atoms with E-state index in [1.807, 2.05) is 17.0 Å². The molecule has 136 valence electrons. The Morgan fingerprint density at radius 1 is 1.40 bits per heavy atom. The van der Waals surface area contributed by atoms with Crippen LogP contribution in [0.15, 0.2) is 27.4 Å². The minimum Gasteiger partial charge on any atom is -0.408 e. The average molecular weight is 345 g/mol. The zero-order valence-electron chi connectivity index (χ0n) is 15.4. The van der Waals surface area contributed by atoms with Gasteiger partial charge in [0.2, 0.25) is 0 Å². The fourth-order valence-corrected chi connectivity index (χ4v) is 3.57. The predicted molar refractivity (Wildman–Crippen MR) is 97.8 cm³/mol. The van der Waals surface area contributed by atoms with Gasteiger partial charge in [-0.1, -0.05) is 19.9 Å². The predicted octanol–water partition coefficient (Wildman–Crippen LogP) is 3.07. The number of amides is 2. The van der Waals surface area contributed by atoms with Crippen molar-refractivity contribution in [3.63, 3.8) is 0 Å². The third-order valence-corrected chi connectivity index (χ3v) is 5.09. The smallest absolute Gasteiger partial charge is 0.408 e. The molecule has 1 saturated heterocycles. The van der Waals surface area contributed by atoms with Gasteiger partial charge < -0.3 is 14.6 Å². The normalized spacial score (nSPS) is 21.1. The van der Waals surface area contributed by atoms with E-state index in [2.05, 4.69) is 32.2 Å². The third kappa shape index (κ3) is 3.57. The second-order valence-corrected chi connectivity index (χ2v) is 7.50. The van der Waals surface area contributed by atoms with Gasteiger partial charge in [-0.15, -0.1) is 0 Å². The molecule has 2 heterocycles. The molecular formula is C19H27N3O3. The first kappa shape index (κ1) is 17.6. The zero-order chi connectivity index (χ0) is 18.1. The molecule has 2 aromatic rings. The van der Waals surface area contributed by atoms with Crippen molar-refractivity contribution in [1.29, 1.82) is 0 Å². The van der Waals surface area contributed by atoms with Crippen molar-refractivity contribution in [3.05, 3.63) is 34.3 Å². The average Bonchev–Trinajstić information content (AvgIpc) is 2.86. The van der Waals surface area contributed by atoms with Gasteiger partial charge in [-0.05, 0) is 49.3 Å². The Morgan fingerprint density at radius 2 is 2.16 bits per heavy atom. The summed E-state index contributed by atoms with van der Waals surface area (Å²) in [6.07, 6.45) is 1.83. The first-order valence-corrected chi connectivity index (χ1v) is 9.00. The van der Waals surface area contributed by atoms with Crippen molar-refractivity contribution in [2.24, 2.45) is 13.0 Å². The van der Waals surface area contributed by atoms with E-state index >= 15 is 0 Å². The highest BCUT2D eigenvalue weighted by Gasteiger charge is 2.29. The molecule has 1 aromatic heterocycles. The Morgan fingerprint density at radius 3 is 2.84 bits per heavy atom. The molecule has 1 unspecified atom stereocenters. The summed E-state index contributed by atoms with van der Waals surface area (Å²) in [7, 11) is 1.71. The maximum atomic E-state index is 12.3. The number of piperidine rings is 1. The van der Waals surface area contributed by atoms with Crippen LogP contribution in [-0.4, -0.2) is 34.6 Å². The summed E-state index contributed by atoms with van der Waals surface area (Å²) < 4.78 is 6.82. The lowest BCUT2D eigenvalue weighted by Crippen LogP contribution is -2.49. The number of nitrogens with zero attached hydrogens (tertiary/aromatic N) is 2. The molecule has 6 heteroatoms. The van der Waals surface area contributed by atoms with E-state index in [0.29, 0.717) is 24.0 Å². The molecule has 0 spiro atoms. The van der Waals surface area contributed by atoms with Crippen molar-refractivity contribution < 1.29 is 9.21 Å². The molecule has 1 fully saturated rings. The minimum atomic E-state index is -0.336. The Hall–Kier alpha value is -2.24. The number of hydrogen-bond donors (Lipinski definition) is 1. The molecule has 2 atom stereocenters. The molecule has 1 aliphatic heterocycles. The third-order valence-electron chi connectivity index (χ3n) is 5.09. The molecule has 25 heavy (non-hydrogen) atoms. The highest BCUT2D eigenvalue weighted by molar-refractivity contribution is 5.75. The van der Waals surface area contributed by atoms with Crippen LogP contribution < -0.4 is 11.1 Å². The lowest BCUT2D eigenvalue weighted by atomic mass is 9.86. The molecule has 0 radical (unpaired) electrons. The molecule has 1 N–H and O–H groups in total. The van der Waals surface area contributed by atoms with Gasteiger partial charge in [0.05, 0.1) is 5.52 Å². The number of fused-ring (bicyclic) bond motifs is 1. The number of benzene rings is 1. The number of hydrogen-bond acceptors (Lipinski definition) is 3. The summed E-state index contributed by atoms with van der Waals surface area (Å²) in [5.74, 6) is 0.486. The number of carbonyl (C=O) groups excluding carboxylic acids is 1. The number of oxazole rings is 1. The highest BCUT2D eigenvalue weighted by atomic mass is 16.4. The fourth-order valence-electron chi connectivity index (χ4n) is 3.57. The van der Waals surface area contributed by atoms with Crippen LogP contribution >= 0.6 is 0 Å². The Bertz CT molecular complexity index is 821. The van der Waals surface area contributed by atoms with E-state index in [-0.39, 0.29) is 17.8 Å². The SMILES string of the molecule is CC(C)CNC(=O)N1CCC(c2ccc3c(c2)oc(=O)n3C)C[C@H]1C. The lowest BCUT2D eigenvalue weighted by Gasteiger charge is -2.38. The quantitative estimate of drug-likeness (QED) is 0.929. The van der Waals surface area contributed by atoms with Crippen LogP contribution in [-0.2, 0) is 7.05 Å². The summed E-state index contributed by atoms with van der Waals surface area (Å²) in [6, 6.07) is 6.21. The molecule has 1 aliphatic rings. The van der Waals surface area contributed by atoms with Gasteiger partial charge in [-0.3, -0.25) is 4.57 Å². The van der Waals surface area contributed by atoms with E-state index in [9.17, 15) is 9.59 Å². The Balaban J connectivity index is 1.70. The number of rotatable bonds is 3. The summed E-state index contributed by atoms with van der Waals surface area (Å²) in [6.45, 7) is 7.73. The van der Waals surface area contributed by atoms with E-state index < -0.39 is 0 Å². The first-order valence-electron chi connectivity index (χ1n) is 9.00. The summed E-state index contributed by atoms with van der Waals surface area (Å²) >= 11 is 0. The summed E-state index contributed by atoms with van der Waals surface area (Å²) in [4.78, 5) is 25.9. The fraction of sp³-hybridized carbons (Fsp3) is 0.579. The van der Waals surface area contributed by atoms with E-state index in [1.165, 1.54) is 10.1 Å².